The SMILES string of the molecule is CC(=O)OC[C@H]1O[C@@H](Oc2ccnc3ccccc23)[C@H](OC(C)=O)[C@@H](OC(C)=O)[C@@H]1OC(C)=O. The van der Waals surface area contributed by atoms with Crippen molar-refractivity contribution in [2.24, 2.45) is 0 Å². The van der Waals surface area contributed by atoms with E-state index in [2.05, 4.69) is 4.98 Å². The van der Waals surface area contributed by atoms with E-state index in [1.165, 1.54) is 13.1 Å². The fourth-order valence-corrected chi connectivity index (χ4v) is 3.58. The molecule has 182 valence electrons. The number of ether oxygens (including phenoxy) is 6. The van der Waals surface area contributed by atoms with Crippen LogP contribution in [0.1, 0.15) is 27.7 Å². The van der Waals surface area contributed by atoms with E-state index in [1.807, 2.05) is 6.07 Å². The zero-order chi connectivity index (χ0) is 24.8. The van der Waals surface area contributed by atoms with Crippen LogP contribution in [0.3, 0.4) is 0 Å². The van der Waals surface area contributed by atoms with Gasteiger partial charge in [-0.1, -0.05) is 12.1 Å². The molecular weight excluding hydrogens is 450 g/mol. The summed E-state index contributed by atoms with van der Waals surface area (Å²) in [5.41, 5.74) is 0.644. The van der Waals surface area contributed by atoms with Gasteiger partial charge >= 0.3 is 23.9 Å². The van der Waals surface area contributed by atoms with Crippen molar-refractivity contribution >= 4 is 34.8 Å². The van der Waals surface area contributed by atoms with Gasteiger partial charge in [0.05, 0.1) is 5.52 Å². The molecule has 0 unspecified atom stereocenters. The molecule has 3 rings (SSSR count). The monoisotopic (exact) mass is 475 g/mol. The van der Waals surface area contributed by atoms with Gasteiger partial charge in [0.1, 0.15) is 18.5 Å². The number of hydrogen-bond acceptors (Lipinski definition) is 11. The molecule has 11 heteroatoms. The van der Waals surface area contributed by atoms with Crippen molar-refractivity contribution in [3.63, 3.8) is 0 Å². The van der Waals surface area contributed by atoms with Crippen molar-refractivity contribution in [2.75, 3.05) is 6.61 Å². The summed E-state index contributed by atoms with van der Waals surface area (Å²) in [6.07, 6.45) is -4.75. The number of aromatic nitrogens is 1. The number of carbonyl (C=O) groups is 4. The summed E-state index contributed by atoms with van der Waals surface area (Å²) in [7, 11) is 0. The Balaban J connectivity index is 2.03. The van der Waals surface area contributed by atoms with E-state index in [9.17, 15) is 19.2 Å². The van der Waals surface area contributed by atoms with E-state index < -0.39 is 54.6 Å². The second-order valence-electron chi connectivity index (χ2n) is 7.51. The summed E-state index contributed by atoms with van der Waals surface area (Å²) >= 11 is 0. The molecule has 0 amide bonds. The highest BCUT2D eigenvalue weighted by atomic mass is 16.7. The molecule has 1 aliphatic heterocycles. The molecule has 1 aliphatic rings. The smallest absolute Gasteiger partial charge is 0.303 e. The number of carbonyl (C=O) groups excluding carboxylic acids is 4. The van der Waals surface area contributed by atoms with Gasteiger partial charge in [0, 0.05) is 39.3 Å². The second kappa shape index (κ2) is 10.9. The van der Waals surface area contributed by atoms with Crippen molar-refractivity contribution in [2.45, 2.75) is 58.4 Å². The van der Waals surface area contributed by atoms with Gasteiger partial charge in [0.2, 0.25) is 12.4 Å². The summed E-state index contributed by atoms with van der Waals surface area (Å²) in [5.74, 6) is -2.39. The second-order valence-corrected chi connectivity index (χ2v) is 7.51. The van der Waals surface area contributed by atoms with Gasteiger partial charge in [-0.05, 0) is 18.2 Å². The van der Waals surface area contributed by atoms with Crippen molar-refractivity contribution in [3.05, 3.63) is 36.5 Å². The van der Waals surface area contributed by atoms with E-state index in [1.54, 1.807) is 24.3 Å². The lowest BCUT2D eigenvalue weighted by Gasteiger charge is -2.44. The van der Waals surface area contributed by atoms with Crippen molar-refractivity contribution in [3.8, 4) is 5.75 Å². The molecule has 0 bridgehead atoms. The molecule has 1 fully saturated rings. The van der Waals surface area contributed by atoms with E-state index in [0.717, 1.165) is 20.8 Å². The Morgan fingerprint density at radius 2 is 1.44 bits per heavy atom. The molecule has 1 saturated heterocycles. The number of para-hydroxylation sites is 1. The van der Waals surface area contributed by atoms with Crippen LogP contribution in [-0.2, 0) is 42.9 Å². The maximum Gasteiger partial charge on any atom is 0.303 e. The predicted molar refractivity (Wildman–Crippen MR) is 114 cm³/mol. The van der Waals surface area contributed by atoms with Crippen LogP contribution in [0.4, 0.5) is 0 Å². The summed E-state index contributed by atoms with van der Waals surface area (Å²) in [6, 6.07) is 8.77. The minimum Gasteiger partial charge on any atom is -0.463 e. The van der Waals surface area contributed by atoms with E-state index in [-0.39, 0.29) is 6.61 Å². The van der Waals surface area contributed by atoms with E-state index in [0.29, 0.717) is 16.7 Å². The molecule has 1 aromatic heterocycles. The number of hydrogen-bond donors (Lipinski definition) is 0. The summed E-state index contributed by atoms with van der Waals surface area (Å²) in [6.45, 7) is 4.33. The molecule has 11 nitrogen and oxygen atoms in total. The largest absolute Gasteiger partial charge is 0.463 e. The molecule has 0 N–H and O–H groups in total. The fraction of sp³-hybridized carbons (Fsp3) is 0.435. The summed E-state index contributed by atoms with van der Waals surface area (Å²) < 4.78 is 33.3. The van der Waals surface area contributed by atoms with Gasteiger partial charge in [-0.15, -0.1) is 0 Å². The van der Waals surface area contributed by atoms with Gasteiger partial charge < -0.3 is 28.4 Å². The first-order chi connectivity index (χ1) is 16.2. The Hall–Kier alpha value is -3.73. The molecule has 0 aliphatic carbocycles. The third kappa shape index (κ3) is 6.19. The zero-order valence-corrected chi connectivity index (χ0v) is 19.1. The van der Waals surface area contributed by atoms with Gasteiger partial charge in [-0.2, -0.15) is 0 Å². The van der Waals surface area contributed by atoms with Crippen molar-refractivity contribution < 1.29 is 47.6 Å². The molecular formula is C23H25NO10. The Morgan fingerprint density at radius 1 is 0.824 bits per heavy atom. The van der Waals surface area contributed by atoms with Crippen molar-refractivity contribution in [1.29, 1.82) is 0 Å². The molecule has 0 saturated carbocycles. The van der Waals surface area contributed by atoms with E-state index in [4.69, 9.17) is 28.4 Å². The molecule has 0 radical (unpaired) electrons. The number of nitrogens with zero attached hydrogens (tertiary/aromatic N) is 1. The first-order valence-electron chi connectivity index (χ1n) is 10.5. The zero-order valence-electron chi connectivity index (χ0n) is 19.1. The first kappa shape index (κ1) is 24.9. The average molecular weight is 475 g/mol. The van der Waals surface area contributed by atoms with Crippen LogP contribution >= 0.6 is 0 Å². The average Bonchev–Trinajstić information content (AvgIpc) is 2.75. The number of pyridine rings is 1. The topological polar surface area (TPSA) is 137 Å². The van der Waals surface area contributed by atoms with Crippen LogP contribution in [0.15, 0.2) is 36.5 Å². The standard InChI is InChI=1S/C23H25NO10/c1-12(25)29-11-19-20(30-13(2)26)21(31-14(3)27)22(32-15(4)28)23(34-19)33-18-9-10-24-17-8-6-5-7-16(17)18/h5-10,19-23H,11H2,1-4H3/t19-,20-,21+,22-,23-/m1/s1. The van der Waals surface area contributed by atoms with Crippen LogP contribution < -0.4 is 4.74 Å². The Labute approximate surface area is 195 Å². The molecule has 1 aromatic carbocycles. The first-order valence-corrected chi connectivity index (χ1v) is 10.5. The van der Waals surface area contributed by atoms with Gasteiger partial charge in [-0.3, -0.25) is 24.2 Å². The Kier molecular flexibility index (Phi) is 8.00. The van der Waals surface area contributed by atoms with Gasteiger partial charge in [0.25, 0.3) is 0 Å². The lowest BCUT2D eigenvalue weighted by molar-refractivity contribution is -0.288. The molecule has 0 spiro atoms. The maximum atomic E-state index is 11.9. The minimum absolute atomic E-state index is 0.339. The highest BCUT2D eigenvalue weighted by Gasteiger charge is 2.53. The number of benzene rings is 1. The predicted octanol–water partition coefficient (Wildman–Crippen LogP) is 1.70. The minimum atomic E-state index is -1.31. The number of rotatable bonds is 7. The van der Waals surface area contributed by atoms with Crippen LogP contribution in [0.5, 0.6) is 5.75 Å². The molecule has 2 heterocycles. The van der Waals surface area contributed by atoms with Crippen LogP contribution in [0.25, 0.3) is 10.9 Å². The maximum absolute atomic E-state index is 11.9. The quantitative estimate of drug-likeness (QED) is 0.427. The van der Waals surface area contributed by atoms with Crippen molar-refractivity contribution in [1.82, 2.24) is 4.98 Å². The Morgan fingerprint density at radius 3 is 2.09 bits per heavy atom. The normalized spacial score (nSPS) is 24.1. The fourth-order valence-electron chi connectivity index (χ4n) is 3.58. The number of esters is 4. The van der Waals surface area contributed by atoms with Crippen LogP contribution in [0.2, 0.25) is 0 Å². The number of fused-ring (bicyclic) bond motifs is 1. The molecule has 34 heavy (non-hydrogen) atoms. The highest BCUT2D eigenvalue weighted by Crippen LogP contribution is 2.33. The molecule has 5 atom stereocenters. The lowest BCUT2D eigenvalue weighted by Crippen LogP contribution is -2.63. The summed E-state index contributed by atoms with van der Waals surface area (Å²) in [5, 5.41) is 0.651. The third-order valence-electron chi connectivity index (χ3n) is 4.80. The van der Waals surface area contributed by atoms with Crippen LogP contribution in [0, 0.1) is 0 Å². The Bertz CT molecular complexity index is 1070. The highest BCUT2D eigenvalue weighted by molar-refractivity contribution is 5.84. The van der Waals surface area contributed by atoms with E-state index >= 15 is 0 Å². The van der Waals surface area contributed by atoms with Gasteiger partial charge in [0.15, 0.2) is 12.2 Å². The molecule has 2 aromatic rings. The van der Waals surface area contributed by atoms with Gasteiger partial charge in [-0.25, -0.2) is 0 Å². The van der Waals surface area contributed by atoms with Crippen LogP contribution in [-0.4, -0.2) is 66.2 Å². The summed E-state index contributed by atoms with van der Waals surface area (Å²) in [4.78, 5) is 51.3. The lowest BCUT2D eigenvalue weighted by atomic mass is 9.98. The third-order valence-corrected chi connectivity index (χ3v) is 4.80.